The molecule has 33 heavy (non-hydrogen) atoms. The number of carbonyl (C=O) groups is 3. The van der Waals surface area contributed by atoms with Crippen LogP contribution in [-0.4, -0.2) is 78.2 Å². The van der Waals surface area contributed by atoms with Gasteiger partial charge in [0.05, 0.1) is 12.7 Å². The third-order valence-electron chi connectivity index (χ3n) is 6.81. The zero-order valence-corrected chi connectivity index (χ0v) is 19.6. The number of ether oxygens (including phenoxy) is 2. The molecule has 180 valence electrons. The van der Waals surface area contributed by atoms with Gasteiger partial charge in [-0.3, -0.25) is 19.3 Å². The number of benzene rings is 1. The molecule has 4 rings (SSSR count). The van der Waals surface area contributed by atoms with Crippen molar-refractivity contribution in [3.05, 3.63) is 35.9 Å². The standard InChI is InChI=1S/C25H35N3O5/c1-18(2)15-22(29)27-12-10-25(11-13-27)28(24(31)19-7-4-3-5-8-19)21(17-33-25)23(30)26-16-20-9-6-14-32-20/h3-5,7-8,18,20-21H,6,9-17H2,1-2H3,(H,26,30). The van der Waals surface area contributed by atoms with Gasteiger partial charge >= 0.3 is 0 Å². The zero-order chi connectivity index (χ0) is 23.4. The summed E-state index contributed by atoms with van der Waals surface area (Å²) in [5, 5.41) is 2.97. The van der Waals surface area contributed by atoms with Gasteiger partial charge in [-0.2, -0.15) is 0 Å². The molecule has 0 saturated carbocycles. The molecule has 0 aromatic heterocycles. The average Bonchev–Trinajstić information content (AvgIpc) is 3.46. The van der Waals surface area contributed by atoms with Crippen LogP contribution in [0.15, 0.2) is 30.3 Å². The van der Waals surface area contributed by atoms with Crippen LogP contribution in [0, 0.1) is 5.92 Å². The normalized spacial score (nSPS) is 24.5. The Balaban J connectivity index is 1.50. The Morgan fingerprint density at radius 2 is 1.88 bits per heavy atom. The van der Waals surface area contributed by atoms with Crippen LogP contribution in [0.5, 0.6) is 0 Å². The number of nitrogens with one attached hydrogen (secondary N) is 1. The summed E-state index contributed by atoms with van der Waals surface area (Å²) in [5.41, 5.74) is -0.356. The van der Waals surface area contributed by atoms with Crippen molar-refractivity contribution in [1.82, 2.24) is 15.1 Å². The molecule has 3 aliphatic rings. The number of hydrogen-bond donors (Lipinski definition) is 1. The highest BCUT2D eigenvalue weighted by molar-refractivity contribution is 5.98. The Hall–Kier alpha value is -2.45. The van der Waals surface area contributed by atoms with Crippen LogP contribution in [0.1, 0.15) is 56.3 Å². The molecule has 3 saturated heterocycles. The molecule has 2 atom stereocenters. The number of likely N-dealkylation sites (tertiary alicyclic amines) is 1. The van der Waals surface area contributed by atoms with Crippen molar-refractivity contribution in [2.45, 2.75) is 63.8 Å². The van der Waals surface area contributed by atoms with Crippen LogP contribution in [0.25, 0.3) is 0 Å². The highest BCUT2D eigenvalue weighted by atomic mass is 16.5. The Kier molecular flexibility index (Phi) is 7.34. The fourth-order valence-electron chi connectivity index (χ4n) is 5.01. The topological polar surface area (TPSA) is 88.2 Å². The van der Waals surface area contributed by atoms with Crippen molar-refractivity contribution in [2.75, 3.05) is 32.8 Å². The third-order valence-corrected chi connectivity index (χ3v) is 6.81. The van der Waals surface area contributed by atoms with E-state index in [4.69, 9.17) is 9.47 Å². The van der Waals surface area contributed by atoms with E-state index in [1.807, 2.05) is 36.9 Å². The minimum atomic E-state index is -0.882. The monoisotopic (exact) mass is 457 g/mol. The SMILES string of the molecule is CC(C)CC(=O)N1CCC2(CC1)OCC(C(=O)NCC1CCCO1)N2C(=O)c1ccccc1. The van der Waals surface area contributed by atoms with Crippen LogP contribution in [0.3, 0.4) is 0 Å². The predicted molar refractivity (Wildman–Crippen MR) is 122 cm³/mol. The van der Waals surface area contributed by atoms with Crippen LogP contribution in [-0.2, 0) is 19.1 Å². The van der Waals surface area contributed by atoms with Gasteiger partial charge in [0.25, 0.3) is 5.91 Å². The third kappa shape index (κ3) is 5.22. The van der Waals surface area contributed by atoms with Gasteiger partial charge in [-0.25, -0.2) is 0 Å². The maximum atomic E-state index is 13.6. The highest BCUT2D eigenvalue weighted by Crippen LogP contribution is 2.38. The molecule has 2 unspecified atom stereocenters. The quantitative estimate of drug-likeness (QED) is 0.708. The van der Waals surface area contributed by atoms with E-state index in [-0.39, 0.29) is 30.4 Å². The van der Waals surface area contributed by atoms with Gasteiger partial charge in [-0.1, -0.05) is 32.0 Å². The van der Waals surface area contributed by atoms with E-state index in [0.29, 0.717) is 50.4 Å². The number of carbonyl (C=O) groups excluding carboxylic acids is 3. The van der Waals surface area contributed by atoms with Crippen molar-refractivity contribution >= 4 is 17.7 Å². The van der Waals surface area contributed by atoms with E-state index in [2.05, 4.69) is 5.32 Å². The largest absolute Gasteiger partial charge is 0.376 e. The molecule has 0 aliphatic carbocycles. The van der Waals surface area contributed by atoms with Crippen molar-refractivity contribution < 1.29 is 23.9 Å². The average molecular weight is 458 g/mol. The highest BCUT2D eigenvalue weighted by Gasteiger charge is 2.54. The minimum Gasteiger partial charge on any atom is -0.376 e. The molecule has 3 aliphatic heterocycles. The van der Waals surface area contributed by atoms with Gasteiger partial charge in [0.15, 0.2) is 0 Å². The first-order valence-electron chi connectivity index (χ1n) is 12.1. The number of nitrogens with zero attached hydrogens (tertiary/aromatic N) is 2. The molecular weight excluding hydrogens is 422 g/mol. The summed E-state index contributed by atoms with van der Waals surface area (Å²) in [4.78, 5) is 42.8. The lowest BCUT2D eigenvalue weighted by Crippen LogP contribution is -2.60. The Labute approximate surface area is 195 Å². The Morgan fingerprint density at radius 3 is 2.52 bits per heavy atom. The first-order valence-corrected chi connectivity index (χ1v) is 12.1. The van der Waals surface area contributed by atoms with E-state index in [1.54, 1.807) is 17.0 Å². The smallest absolute Gasteiger partial charge is 0.256 e. The second-order valence-electron chi connectivity index (χ2n) is 9.67. The lowest BCUT2D eigenvalue weighted by Gasteiger charge is -2.44. The van der Waals surface area contributed by atoms with Crippen molar-refractivity contribution in [1.29, 1.82) is 0 Å². The molecular formula is C25H35N3O5. The molecule has 3 heterocycles. The summed E-state index contributed by atoms with van der Waals surface area (Å²) in [6.45, 7) is 6.39. The molecule has 3 amide bonds. The van der Waals surface area contributed by atoms with Crippen molar-refractivity contribution in [2.24, 2.45) is 5.92 Å². The molecule has 3 fully saturated rings. The van der Waals surface area contributed by atoms with Crippen LogP contribution >= 0.6 is 0 Å². The molecule has 1 aromatic carbocycles. The lowest BCUT2D eigenvalue weighted by atomic mass is 9.96. The van der Waals surface area contributed by atoms with Gasteiger partial charge in [-0.15, -0.1) is 0 Å². The second kappa shape index (κ2) is 10.2. The number of hydrogen-bond acceptors (Lipinski definition) is 5. The summed E-state index contributed by atoms with van der Waals surface area (Å²) >= 11 is 0. The Bertz CT molecular complexity index is 845. The molecule has 0 bridgehead atoms. The van der Waals surface area contributed by atoms with Gasteiger partial charge in [-0.05, 0) is 30.9 Å². The van der Waals surface area contributed by atoms with E-state index in [1.165, 1.54) is 0 Å². The summed E-state index contributed by atoms with van der Waals surface area (Å²) in [6, 6.07) is 8.30. The number of rotatable bonds is 6. The predicted octanol–water partition coefficient (Wildman–Crippen LogP) is 2.19. The molecule has 8 nitrogen and oxygen atoms in total. The van der Waals surface area contributed by atoms with Gasteiger partial charge in [0.2, 0.25) is 11.8 Å². The molecule has 1 aromatic rings. The summed E-state index contributed by atoms with van der Waals surface area (Å²) < 4.78 is 11.8. The van der Waals surface area contributed by atoms with Crippen LogP contribution in [0.2, 0.25) is 0 Å². The van der Waals surface area contributed by atoms with Gasteiger partial charge in [0, 0.05) is 51.1 Å². The summed E-state index contributed by atoms with van der Waals surface area (Å²) in [5.74, 6) is -0.00821. The molecule has 8 heteroatoms. The number of amides is 3. The van der Waals surface area contributed by atoms with Crippen LogP contribution < -0.4 is 5.32 Å². The fourth-order valence-corrected chi connectivity index (χ4v) is 5.01. The summed E-state index contributed by atoms with van der Waals surface area (Å²) in [6.07, 6.45) is 3.45. The van der Waals surface area contributed by atoms with Gasteiger partial charge < -0.3 is 19.7 Å². The van der Waals surface area contributed by atoms with E-state index in [0.717, 1.165) is 19.4 Å². The van der Waals surface area contributed by atoms with Gasteiger partial charge in [0.1, 0.15) is 11.8 Å². The van der Waals surface area contributed by atoms with E-state index >= 15 is 0 Å². The van der Waals surface area contributed by atoms with E-state index in [9.17, 15) is 14.4 Å². The zero-order valence-electron chi connectivity index (χ0n) is 19.6. The maximum Gasteiger partial charge on any atom is 0.256 e. The second-order valence-corrected chi connectivity index (χ2v) is 9.67. The molecule has 1 spiro atoms. The summed E-state index contributed by atoms with van der Waals surface area (Å²) in [7, 11) is 0. The first kappa shape index (κ1) is 23.7. The minimum absolute atomic E-state index is 0.0266. The van der Waals surface area contributed by atoms with Crippen molar-refractivity contribution in [3.8, 4) is 0 Å². The number of piperidine rings is 1. The van der Waals surface area contributed by atoms with Crippen molar-refractivity contribution in [3.63, 3.8) is 0 Å². The van der Waals surface area contributed by atoms with Crippen LogP contribution in [0.4, 0.5) is 0 Å². The lowest BCUT2D eigenvalue weighted by molar-refractivity contribution is -0.144. The molecule has 1 N–H and O–H groups in total. The molecule has 0 radical (unpaired) electrons. The first-order chi connectivity index (χ1) is 15.9. The Morgan fingerprint density at radius 1 is 1.15 bits per heavy atom. The fraction of sp³-hybridized carbons (Fsp3) is 0.640. The van der Waals surface area contributed by atoms with E-state index < -0.39 is 11.8 Å². The maximum absolute atomic E-state index is 13.6.